The molecule has 24 heavy (non-hydrogen) atoms. The molecule has 0 saturated heterocycles. The highest BCUT2D eigenvalue weighted by Gasteiger charge is 2.11. The Kier molecular flexibility index (Phi) is 16.0. The molecule has 4 heteroatoms. The maximum absolute atomic E-state index is 11.3. The van der Waals surface area contributed by atoms with Crippen LogP contribution in [0.4, 0.5) is 0 Å². The zero-order valence-electron chi connectivity index (χ0n) is 15.9. The molecule has 1 atom stereocenters. The average Bonchev–Trinajstić information content (AvgIpc) is 2.57. The van der Waals surface area contributed by atoms with Crippen LogP contribution in [-0.4, -0.2) is 24.2 Å². The molecule has 142 valence electrons. The van der Waals surface area contributed by atoms with Crippen molar-refractivity contribution in [2.24, 2.45) is 5.92 Å². The molecule has 0 aliphatic heterocycles. The SMILES string of the molecule is COC(=O)C(C)CCCCCCCCCCCCCCCC(=O)O. The minimum absolute atomic E-state index is 0.0409. The zero-order valence-corrected chi connectivity index (χ0v) is 15.9. The second kappa shape index (κ2) is 16.8. The quantitative estimate of drug-likeness (QED) is 0.271. The first kappa shape index (κ1) is 22.9. The molecule has 0 bridgehead atoms. The molecule has 0 heterocycles. The maximum atomic E-state index is 11.3. The van der Waals surface area contributed by atoms with Gasteiger partial charge in [0, 0.05) is 6.42 Å². The molecule has 0 rings (SSSR count). The minimum Gasteiger partial charge on any atom is -0.481 e. The Balaban J connectivity index is 3.13. The van der Waals surface area contributed by atoms with Gasteiger partial charge in [-0.3, -0.25) is 9.59 Å². The van der Waals surface area contributed by atoms with E-state index in [4.69, 9.17) is 9.84 Å². The summed E-state index contributed by atoms with van der Waals surface area (Å²) in [4.78, 5) is 21.6. The van der Waals surface area contributed by atoms with E-state index >= 15 is 0 Å². The number of carbonyl (C=O) groups is 2. The van der Waals surface area contributed by atoms with Crippen LogP contribution < -0.4 is 0 Å². The Bertz CT molecular complexity index is 315. The van der Waals surface area contributed by atoms with Crippen LogP contribution in [0.2, 0.25) is 0 Å². The van der Waals surface area contributed by atoms with Crippen LogP contribution in [0.15, 0.2) is 0 Å². The third kappa shape index (κ3) is 15.8. The van der Waals surface area contributed by atoms with Gasteiger partial charge >= 0.3 is 11.9 Å². The van der Waals surface area contributed by atoms with E-state index < -0.39 is 5.97 Å². The van der Waals surface area contributed by atoms with Gasteiger partial charge in [0.15, 0.2) is 0 Å². The van der Waals surface area contributed by atoms with Gasteiger partial charge in [-0.2, -0.15) is 0 Å². The highest BCUT2D eigenvalue weighted by atomic mass is 16.5. The van der Waals surface area contributed by atoms with E-state index in [1.165, 1.54) is 71.3 Å². The lowest BCUT2D eigenvalue weighted by atomic mass is 10.0. The van der Waals surface area contributed by atoms with Gasteiger partial charge in [0.2, 0.25) is 0 Å². The Labute approximate surface area is 148 Å². The van der Waals surface area contributed by atoms with E-state index in [1.807, 2.05) is 6.92 Å². The van der Waals surface area contributed by atoms with Crippen LogP contribution in [0, 0.1) is 5.92 Å². The monoisotopic (exact) mass is 342 g/mol. The fraction of sp³-hybridized carbons (Fsp3) is 0.900. The number of rotatable bonds is 17. The van der Waals surface area contributed by atoms with Crippen molar-refractivity contribution < 1.29 is 19.4 Å². The number of hydrogen-bond acceptors (Lipinski definition) is 3. The number of esters is 1. The summed E-state index contributed by atoms with van der Waals surface area (Å²) in [6.45, 7) is 1.94. The lowest BCUT2D eigenvalue weighted by Crippen LogP contribution is -2.12. The molecule has 0 radical (unpaired) electrons. The van der Waals surface area contributed by atoms with Crippen molar-refractivity contribution in [2.45, 2.75) is 103 Å². The van der Waals surface area contributed by atoms with Crippen molar-refractivity contribution in [3.8, 4) is 0 Å². The standard InChI is InChI=1S/C20H38O4/c1-18(20(23)24-2)16-14-12-10-8-6-4-3-5-7-9-11-13-15-17-19(21)22/h18H,3-17H2,1-2H3,(H,21,22). The van der Waals surface area contributed by atoms with Crippen molar-refractivity contribution in [3.05, 3.63) is 0 Å². The highest BCUT2D eigenvalue weighted by molar-refractivity contribution is 5.71. The predicted octanol–water partition coefficient (Wildman–Crippen LogP) is 5.73. The molecule has 0 aromatic carbocycles. The van der Waals surface area contributed by atoms with Crippen molar-refractivity contribution >= 4 is 11.9 Å². The first-order valence-electron chi connectivity index (χ1n) is 9.87. The summed E-state index contributed by atoms with van der Waals surface area (Å²) < 4.78 is 4.73. The van der Waals surface area contributed by atoms with Crippen LogP contribution in [0.25, 0.3) is 0 Å². The van der Waals surface area contributed by atoms with E-state index in [0.29, 0.717) is 6.42 Å². The molecule has 0 aliphatic rings. The van der Waals surface area contributed by atoms with Crippen LogP contribution in [0.3, 0.4) is 0 Å². The van der Waals surface area contributed by atoms with E-state index in [1.54, 1.807) is 0 Å². The van der Waals surface area contributed by atoms with E-state index in [0.717, 1.165) is 25.7 Å². The lowest BCUT2D eigenvalue weighted by Gasteiger charge is -2.08. The number of ether oxygens (including phenoxy) is 1. The molecule has 4 nitrogen and oxygen atoms in total. The van der Waals surface area contributed by atoms with Gasteiger partial charge in [0.1, 0.15) is 0 Å². The van der Waals surface area contributed by atoms with Gasteiger partial charge in [-0.15, -0.1) is 0 Å². The van der Waals surface area contributed by atoms with Crippen LogP contribution >= 0.6 is 0 Å². The third-order valence-electron chi connectivity index (χ3n) is 4.63. The molecule has 0 aromatic rings. The van der Waals surface area contributed by atoms with Gasteiger partial charge in [-0.1, -0.05) is 84.0 Å². The molecular formula is C20H38O4. The van der Waals surface area contributed by atoms with Crippen LogP contribution in [0.1, 0.15) is 103 Å². The summed E-state index contributed by atoms with van der Waals surface area (Å²) in [5, 5.41) is 8.54. The fourth-order valence-electron chi connectivity index (χ4n) is 2.99. The number of aliphatic carboxylic acids is 1. The van der Waals surface area contributed by atoms with Crippen LogP contribution in [0.5, 0.6) is 0 Å². The Morgan fingerprint density at radius 2 is 1.12 bits per heavy atom. The summed E-state index contributed by atoms with van der Waals surface area (Å²) >= 11 is 0. The first-order chi connectivity index (χ1) is 11.6. The Hall–Kier alpha value is -1.06. The number of carbonyl (C=O) groups excluding carboxylic acids is 1. The molecule has 1 N–H and O–H groups in total. The van der Waals surface area contributed by atoms with Crippen molar-refractivity contribution in [1.82, 2.24) is 0 Å². The summed E-state index contributed by atoms with van der Waals surface area (Å²) in [6.07, 6.45) is 17.1. The number of methoxy groups -OCH3 is 1. The van der Waals surface area contributed by atoms with Gasteiger partial charge in [0.25, 0.3) is 0 Å². The second-order valence-electron chi connectivity index (χ2n) is 6.95. The molecular weight excluding hydrogens is 304 g/mol. The number of carboxylic acids is 1. The summed E-state index contributed by atoms with van der Waals surface area (Å²) in [7, 11) is 1.46. The zero-order chi connectivity index (χ0) is 18.0. The van der Waals surface area contributed by atoms with Crippen molar-refractivity contribution in [2.75, 3.05) is 7.11 Å². The smallest absolute Gasteiger partial charge is 0.308 e. The normalized spacial score (nSPS) is 12.1. The molecule has 0 saturated carbocycles. The average molecular weight is 343 g/mol. The topological polar surface area (TPSA) is 63.6 Å². The van der Waals surface area contributed by atoms with Gasteiger partial charge in [0.05, 0.1) is 13.0 Å². The molecule has 0 aliphatic carbocycles. The fourth-order valence-corrected chi connectivity index (χ4v) is 2.99. The number of hydrogen-bond donors (Lipinski definition) is 1. The third-order valence-corrected chi connectivity index (χ3v) is 4.63. The summed E-state index contributed by atoms with van der Waals surface area (Å²) in [6, 6.07) is 0. The van der Waals surface area contributed by atoms with E-state index in [9.17, 15) is 9.59 Å². The molecule has 0 fully saturated rings. The predicted molar refractivity (Wildman–Crippen MR) is 98.1 cm³/mol. The second-order valence-corrected chi connectivity index (χ2v) is 6.95. The highest BCUT2D eigenvalue weighted by Crippen LogP contribution is 2.15. The van der Waals surface area contributed by atoms with E-state index in [2.05, 4.69) is 0 Å². The maximum Gasteiger partial charge on any atom is 0.308 e. The lowest BCUT2D eigenvalue weighted by molar-refractivity contribution is -0.145. The van der Waals surface area contributed by atoms with Gasteiger partial charge in [-0.05, 0) is 12.8 Å². The number of unbranched alkanes of at least 4 members (excludes halogenated alkanes) is 12. The summed E-state index contributed by atoms with van der Waals surface area (Å²) in [5.41, 5.74) is 0. The first-order valence-corrected chi connectivity index (χ1v) is 9.87. The summed E-state index contributed by atoms with van der Waals surface area (Å²) in [5.74, 6) is -0.719. The molecule has 0 aromatic heterocycles. The van der Waals surface area contributed by atoms with E-state index in [-0.39, 0.29) is 11.9 Å². The van der Waals surface area contributed by atoms with Crippen molar-refractivity contribution in [1.29, 1.82) is 0 Å². The minimum atomic E-state index is -0.673. The molecule has 0 spiro atoms. The number of carboxylic acid groups (broad SMARTS) is 1. The Morgan fingerprint density at radius 3 is 1.50 bits per heavy atom. The molecule has 1 unspecified atom stereocenters. The largest absolute Gasteiger partial charge is 0.481 e. The van der Waals surface area contributed by atoms with Gasteiger partial charge < -0.3 is 9.84 Å². The van der Waals surface area contributed by atoms with Crippen molar-refractivity contribution in [3.63, 3.8) is 0 Å². The van der Waals surface area contributed by atoms with Crippen LogP contribution in [-0.2, 0) is 14.3 Å². The molecule has 0 amide bonds. The Morgan fingerprint density at radius 1 is 0.750 bits per heavy atom. The van der Waals surface area contributed by atoms with Gasteiger partial charge in [-0.25, -0.2) is 0 Å².